The lowest BCUT2D eigenvalue weighted by Gasteiger charge is -2.03. The molecule has 6 heteroatoms. The molecule has 1 amide bonds. The Bertz CT molecular complexity index is 558. The van der Waals surface area contributed by atoms with E-state index in [-0.39, 0.29) is 5.91 Å². The number of carbonyl (C=O) groups excluding carboxylic acids is 1. The number of amides is 1. The summed E-state index contributed by atoms with van der Waals surface area (Å²) in [6.45, 7) is 6.82. The third-order valence-electron chi connectivity index (χ3n) is 2.75. The number of aryl methyl sites for hydroxylation is 3. The molecule has 0 radical (unpaired) electrons. The van der Waals surface area contributed by atoms with Crippen LogP contribution in [0.3, 0.4) is 0 Å². The molecule has 0 aliphatic rings. The first-order chi connectivity index (χ1) is 8.65. The van der Waals surface area contributed by atoms with Crippen molar-refractivity contribution in [1.82, 2.24) is 14.8 Å². The van der Waals surface area contributed by atoms with Crippen LogP contribution in [0.5, 0.6) is 0 Å². The van der Waals surface area contributed by atoms with Gasteiger partial charge in [-0.25, -0.2) is 0 Å². The lowest BCUT2D eigenvalue weighted by atomic mass is 10.2. The minimum atomic E-state index is -0.120. The fraction of sp³-hybridized carbons (Fsp3) is 0.417. The van der Waals surface area contributed by atoms with E-state index in [0.29, 0.717) is 5.95 Å². The van der Waals surface area contributed by atoms with Crippen molar-refractivity contribution < 1.29 is 4.79 Å². The van der Waals surface area contributed by atoms with Crippen molar-refractivity contribution >= 4 is 23.2 Å². The Morgan fingerprint density at radius 1 is 1.50 bits per heavy atom. The minimum Gasteiger partial charge on any atom is -0.300 e. The Kier molecular flexibility index (Phi) is 3.76. The minimum absolute atomic E-state index is 0.120. The highest BCUT2D eigenvalue weighted by molar-refractivity contribution is 7.14. The Hall–Kier alpha value is -1.69. The van der Waals surface area contributed by atoms with Crippen molar-refractivity contribution in [3.05, 3.63) is 27.7 Å². The summed E-state index contributed by atoms with van der Waals surface area (Å²) < 4.78 is 1.79. The maximum atomic E-state index is 12.1. The van der Waals surface area contributed by atoms with Gasteiger partial charge in [0.2, 0.25) is 5.95 Å². The summed E-state index contributed by atoms with van der Waals surface area (Å²) in [6, 6.07) is 1.92. The van der Waals surface area contributed by atoms with Crippen molar-refractivity contribution in [2.75, 3.05) is 5.32 Å². The van der Waals surface area contributed by atoms with Gasteiger partial charge in [0.15, 0.2) is 0 Å². The zero-order valence-corrected chi connectivity index (χ0v) is 11.5. The molecule has 2 aromatic rings. The van der Waals surface area contributed by atoms with E-state index in [4.69, 9.17) is 0 Å². The number of hydrogen-bond donors (Lipinski definition) is 1. The van der Waals surface area contributed by atoms with Crippen LogP contribution in [-0.4, -0.2) is 20.7 Å². The SMILES string of the molecule is CCc1sc(C(=O)Nc2nncn2CC)cc1C. The van der Waals surface area contributed by atoms with Crippen LogP contribution < -0.4 is 5.32 Å². The maximum Gasteiger partial charge on any atom is 0.268 e. The van der Waals surface area contributed by atoms with Crippen molar-refractivity contribution in [1.29, 1.82) is 0 Å². The van der Waals surface area contributed by atoms with Gasteiger partial charge in [0.1, 0.15) is 6.33 Å². The van der Waals surface area contributed by atoms with Crippen LogP contribution in [-0.2, 0) is 13.0 Å². The standard InChI is InChI=1S/C12H16N4OS/c1-4-9-8(3)6-10(18-9)11(17)14-12-15-13-7-16(12)5-2/h6-7H,4-5H2,1-3H3,(H,14,15,17). The fourth-order valence-electron chi connectivity index (χ4n) is 1.73. The molecule has 96 valence electrons. The van der Waals surface area contributed by atoms with E-state index in [1.54, 1.807) is 10.9 Å². The fourth-order valence-corrected chi connectivity index (χ4v) is 2.74. The molecule has 0 aromatic carbocycles. The second kappa shape index (κ2) is 5.30. The van der Waals surface area contributed by atoms with E-state index in [1.807, 2.05) is 19.9 Å². The highest BCUT2D eigenvalue weighted by Crippen LogP contribution is 2.23. The van der Waals surface area contributed by atoms with Crippen LogP contribution >= 0.6 is 11.3 Å². The first kappa shape index (κ1) is 12.8. The average Bonchev–Trinajstić information content (AvgIpc) is 2.95. The number of thiophene rings is 1. The van der Waals surface area contributed by atoms with E-state index in [9.17, 15) is 4.79 Å². The van der Waals surface area contributed by atoms with E-state index >= 15 is 0 Å². The number of carbonyl (C=O) groups is 1. The van der Waals surface area contributed by atoms with Gasteiger partial charge >= 0.3 is 0 Å². The number of aromatic nitrogens is 3. The van der Waals surface area contributed by atoms with Gasteiger partial charge in [-0.15, -0.1) is 21.5 Å². The predicted octanol–water partition coefficient (Wildman–Crippen LogP) is 2.48. The summed E-state index contributed by atoms with van der Waals surface area (Å²) in [7, 11) is 0. The summed E-state index contributed by atoms with van der Waals surface area (Å²) in [6.07, 6.45) is 2.56. The monoisotopic (exact) mass is 264 g/mol. The molecule has 5 nitrogen and oxygen atoms in total. The van der Waals surface area contributed by atoms with Gasteiger partial charge in [-0.2, -0.15) is 0 Å². The molecule has 0 unspecified atom stereocenters. The Balaban J connectivity index is 2.16. The normalized spacial score (nSPS) is 10.6. The molecule has 0 spiro atoms. The Morgan fingerprint density at radius 2 is 2.28 bits per heavy atom. The molecular weight excluding hydrogens is 248 g/mol. The van der Waals surface area contributed by atoms with Gasteiger partial charge in [0.25, 0.3) is 5.91 Å². The third kappa shape index (κ3) is 2.43. The Labute approximate surface area is 110 Å². The molecule has 0 atom stereocenters. The van der Waals surface area contributed by atoms with E-state index in [0.717, 1.165) is 17.8 Å². The molecular formula is C12H16N4OS. The first-order valence-electron chi connectivity index (χ1n) is 5.94. The molecule has 18 heavy (non-hydrogen) atoms. The van der Waals surface area contributed by atoms with Crippen LogP contribution in [0.15, 0.2) is 12.4 Å². The smallest absolute Gasteiger partial charge is 0.268 e. The Morgan fingerprint density at radius 3 is 2.89 bits per heavy atom. The van der Waals surface area contributed by atoms with Crippen molar-refractivity contribution in [3.63, 3.8) is 0 Å². The number of anilines is 1. The second-order valence-electron chi connectivity index (χ2n) is 3.97. The van der Waals surface area contributed by atoms with E-state index < -0.39 is 0 Å². The van der Waals surface area contributed by atoms with Crippen LogP contribution in [0.25, 0.3) is 0 Å². The summed E-state index contributed by atoms with van der Waals surface area (Å²) in [5, 5.41) is 10.5. The van der Waals surface area contributed by atoms with Gasteiger partial charge in [-0.05, 0) is 31.9 Å². The number of rotatable bonds is 4. The van der Waals surface area contributed by atoms with E-state index in [1.165, 1.54) is 21.8 Å². The van der Waals surface area contributed by atoms with E-state index in [2.05, 4.69) is 22.4 Å². The second-order valence-corrected chi connectivity index (χ2v) is 5.10. The van der Waals surface area contributed by atoms with Crippen molar-refractivity contribution in [2.24, 2.45) is 0 Å². The molecule has 1 N–H and O–H groups in total. The van der Waals surface area contributed by atoms with Gasteiger partial charge in [-0.1, -0.05) is 6.92 Å². The van der Waals surface area contributed by atoms with Crippen molar-refractivity contribution in [2.45, 2.75) is 33.7 Å². The predicted molar refractivity (Wildman–Crippen MR) is 72.1 cm³/mol. The van der Waals surface area contributed by atoms with Crippen molar-refractivity contribution in [3.8, 4) is 0 Å². The molecule has 2 aromatic heterocycles. The molecule has 0 saturated carbocycles. The zero-order valence-electron chi connectivity index (χ0n) is 10.7. The number of nitrogens with zero attached hydrogens (tertiary/aromatic N) is 3. The first-order valence-corrected chi connectivity index (χ1v) is 6.75. The number of nitrogens with one attached hydrogen (secondary N) is 1. The maximum absolute atomic E-state index is 12.1. The molecule has 0 aliphatic carbocycles. The largest absolute Gasteiger partial charge is 0.300 e. The molecule has 0 bridgehead atoms. The van der Waals surface area contributed by atoms with Crippen LogP contribution in [0, 0.1) is 6.92 Å². The summed E-state index contributed by atoms with van der Waals surface area (Å²) in [5.41, 5.74) is 1.17. The topological polar surface area (TPSA) is 59.8 Å². The molecule has 0 saturated heterocycles. The van der Waals surface area contributed by atoms with Crippen LogP contribution in [0.1, 0.15) is 34.0 Å². The zero-order chi connectivity index (χ0) is 13.1. The highest BCUT2D eigenvalue weighted by atomic mass is 32.1. The van der Waals surface area contributed by atoms with Gasteiger partial charge in [0.05, 0.1) is 4.88 Å². The molecule has 2 rings (SSSR count). The average molecular weight is 264 g/mol. The quantitative estimate of drug-likeness (QED) is 0.923. The van der Waals surface area contributed by atoms with Gasteiger partial charge in [-0.3, -0.25) is 14.7 Å². The third-order valence-corrected chi connectivity index (χ3v) is 4.13. The molecule has 0 aliphatic heterocycles. The summed E-state index contributed by atoms with van der Waals surface area (Å²) in [4.78, 5) is 14.0. The van der Waals surface area contributed by atoms with Crippen LogP contribution in [0.4, 0.5) is 5.95 Å². The summed E-state index contributed by atoms with van der Waals surface area (Å²) in [5.74, 6) is 0.372. The highest BCUT2D eigenvalue weighted by Gasteiger charge is 2.14. The summed E-state index contributed by atoms with van der Waals surface area (Å²) >= 11 is 1.53. The lowest BCUT2D eigenvalue weighted by Crippen LogP contribution is -2.14. The van der Waals surface area contributed by atoms with Gasteiger partial charge in [0, 0.05) is 11.4 Å². The van der Waals surface area contributed by atoms with Crippen LogP contribution in [0.2, 0.25) is 0 Å². The lowest BCUT2D eigenvalue weighted by molar-refractivity contribution is 0.102. The molecule has 2 heterocycles. The molecule has 0 fully saturated rings. The van der Waals surface area contributed by atoms with Gasteiger partial charge < -0.3 is 0 Å². The number of hydrogen-bond acceptors (Lipinski definition) is 4.